The lowest BCUT2D eigenvalue weighted by atomic mass is 9.84. The third-order valence-electron chi connectivity index (χ3n) is 8.62. The van der Waals surface area contributed by atoms with Gasteiger partial charge in [0.25, 0.3) is 0 Å². The number of hydrogen-bond donors (Lipinski definition) is 1. The summed E-state index contributed by atoms with van der Waals surface area (Å²) < 4.78 is 3.07. The minimum absolute atomic E-state index is 0.00895. The summed E-state index contributed by atoms with van der Waals surface area (Å²) in [6.07, 6.45) is 0.646. The third kappa shape index (κ3) is 4.72. The van der Waals surface area contributed by atoms with Crippen molar-refractivity contribution in [1.29, 1.82) is 0 Å². The average Bonchev–Trinajstić information content (AvgIpc) is 3.38. The summed E-state index contributed by atoms with van der Waals surface area (Å²) in [6, 6.07) is 31.5. The second-order valence-electron chi connectivity index (χ2n) is 12.1. The monoisotopic (exact) mass is 570 g/mol. The molecule has 0 radical (unpaired) electrons. The molecule has 0 bridgehead atoms. The lowest BCUT2D eigenvalue weighted by Gasteiger charge is -2.60. The number of aliphatic hydroxyl groups excluding tert-OH is 1. The number of amides is 1. The number of aryl methyl sites for hydroxylation is 1. The summed E-state index contributed by atoms with van der Waals surface area (Å²) in [5.41, 5.74) is 3.80. The molecule has 1 aliphatic rings. The van der Waals surface area contributed by atoms with Crippen molar-refractivity contribution in [3.8, 4) is 0 Å². The van der Waals surface area contributed by atoms with Crippen LogP contribution in [0.15, 0.2) is 97.2 Å². The zero-order valence-electron chi connectivity index (χ0n) is 24.0. The molecule has 1 fully saturated rings. The Morgan fingerprint density at radius 3 is 1.68 bits per heavy atom. The summed E-state index contributed by atoms with van der Waals surface area (Å²) >= 11 is 1.76. The summed E-state index contributed by atoms with van der Waals surface area (Å²) in [4.78, 5) is 14.1. The van der Waals surface area contributed by atoms with Gasteiger partial charge >= 0.3 is 0 Å². The van der Waals surface area contributed by atoms with E-state index in [1.165, 1.54) is 0 Å². The van der Waals surface area contributed by atoms with Crippen LogP contribution < -0.4 is 0 Å². The van der Waals surface area contributed by atoms with Crippen LogP contribution in [0.25, 0.3) is 0 Å². The zero-order valence-corrected chi connectivity index (χ0v) is 25.8. The molecule has 1 unspecified atom stereocenters. The van der Waals surface area contributed by atoms with Gasteiger partial charge in [-0.3, -0.25) is 9.48 Å². The quantitative estimate of drug-likeness (QED) is 0.152. The number of aliphatic hydroxyl groups is 1. The van der Waals surface area contributed by atoms with Gasteiger partial charge in [0.2, 0.25) is 5.91 Å². The molecule has 1 amide bonds. The van der Waals surface area contributed by atoms with E-state index in [1.807, 2.05) is 18.2 Å². The number of carbonyl (C=O) groups excluding carboxylic acids is 1. The smallest absolute Gasteiger partial charge is 0.224 e. The minimum Gasteiger partial charge on any atom is -0.386 e. The molecule has 5 rings (SSSR count). The van der Waals surface area contributed by atoms with Gasteiger partial charge in [0.15, 0.2) is 8.24 Å². The van der Waals surface area contributed by atoms with E-state index in [0.29, 0.717) is 5.69 Å². The van der Waals surface area contributed by atoms with Crippen LogP contribution in [0.2, 0.25) is 18.1 Å². The molecule has 0 saturated carbocycles. The van der Waals surface area contributed by atoms with E-state index < -0.39 is 25.0 Å². The van der Waals surface area contributed by atoms with Crippen molar-refractivity contribution < 1.29 is 9.90 Å². The second kappa shape index (κ2) is 10.6. The molecule has 4 aromatic rings. The molecule has 8 heteroatoms. The first-order chi connectivity index (χ1) is 19.0. The highest BCUT2D eigenvalue weighted by Crippen LogP contribution is 2.58. The molecule has 3 aromatic carbocycles. The van der Waals surface area contributed by atoms with Crippen LogP contribution in [-0.2, 0) is 16.6 Å². The Hall–Kier alpha value is -3.20. The summed E-state index contributed by atoms with van der Waals surface area (Å²) in [5, 5.41) is 19.5. The van der Waals surface area contributed by atoms with Crippen molar-refractivity contribution in [3.63, 3.8) is 0 Å². The molecule has 40 heavy (non-hydrogen) atoms. The van der Waals surface area contributed by atoms with Crippen LogP contribution in [0, 0.1) is 5.92 Å². The Kier molecular flexibility index (Phi) is 7.54. The van der Waals surface area contributed by atoms with Crippen molar-refractivity contribution in [2.45, 2.75) is 55.1 Å². The van der Waals surface area contributed by atoms with Gasteiger partial charge in [0.05, 0.1) is 22.2 Å². The van der Waals surface area contributed by atoms with Crippen LogP contribution in [0.1, 0.15) is 49.3 Å². The van der Waals surface area contributed by atoms with Crippen molar-refractivity contribution in [1.82, 2.24) is 19.6 Å². The SMILES string of the molecule is Cn1cc(C(O)[C@H]2C(=O)N([Si](C)(C)C(C)(C)C)[C@@H]2SC(c2ccccc2)(c2ccccc2)c2ccccc2)nn1. The number of hydrogen-bond acceptors (Lipinski definition) is 5. The van der Waals surface area contributed by atoms with Crippen molar-refractivity contribution in [2.75, 3.05) is 0 Å². The summed E-state index contributed by atoms with van der Waals surface area (Å²) in [7, 11) is -0.554. The molecule has 0 aliphatic carbocycles. The maximum Gasteiger partial charge on any atom is 0.224 e. The number of thioether (sulfide) groups is 1. The molecule has 1 aromatic heterocycles. The second-order valence-corrected chi connectivity index (χ2v) is 18.5. The highest BCUT2D eigenvalue weighted by atomic mass is 32.2. The number of nitrogens with zero attached hydrogens (tertiary/aromatic N) is 4. The fourth-order valence-electron chi connectivity index (χ4n) is 5.45. The highest BCUT2D eigenvalue weighted by Gasteiger charge is 2.62. The van der Waals surface area contributed by atoms with Gasteiger partial charge in [-0.25, -0.2) is 0 Å². The molecule has 3 atom stereocenters. The lowest BCUT2D eigenvalue weighted by Crippen LogP contribution is -2.73. The van der Waals surface area contributed by atoms with Gasteiger partial charge in [-0.1, -0.05) is 130 Å². The first-order valence-corrected chi connectivity index (χ1v) is 17.5. The molecule has 6 nitrogen and oxygen atoms in total. The normalized spacial score (nSPS) is 18.9. The number of aromatic nitrogens is 3. The molecule has 0 spiro atoms. The molecular weight excluding hydrogens is 533 g/mol. The Balaban J connectivity index is 1.72. The first-order valence-electron chi connectivity index (χ1n) is 13.7. The molecule has 1 aliphatic heterocycles. The van der Waals surface area contributed by atoms with Gasteiger partial charge in [0, 0.05) is 7.05 Å². The van der Waals surface area contributed by atoms with Crippen molar-refractivity contribution in [3.05, 3.63) is 120 Å². The predicted molar refractivity (Wildman–Crippen MR) is 164 cm³/mol. The van der Waals surface area contributed by atoms with E-state index in [2.05, 4.69) is 122 Å². The summed E-state index contributed by atoms with van der Waals surface area (Å²) in [5.74, 6) is -0.656. The summed E-state index contributed by atoms with van der Waals surface area (Å²) in [6.45, 7) is 11.2. The minimum atomic E-state index is -2.32. The predicted octanol–water partition coefficient (Wildman–Crippen LogP) is 6.36. The van der Waals surface area contributed by atoms with E-state index in [0.717, 1.165) is 16.7 Å². The largest absolute Gasteiger partial charge is 0.386 e. The zero-order chi connectivity index (χ0) is 28.7. The molecule has 1 saturated heterocycles. The fraction of sp³-hybridized carbons (Fsp3) is 0.344. The molecule has 1 N–H and O–H groups in total. The van der Waals surface area contributed by atoms with Gasteiger partial charge in [-0.05, 0) is 21.7 Å². The van der Waals surface area contributed by atoms with Crippen LogP contribution in [0.5, 0.6) is 0 Å². The number of benzene rings is 3. The fourth-order valence-corrected chi connectivity index (χ4v) is 10.4. The lowest BCUT2D eigenvalue weighted by molar-refractivity contribution is -0.150. The van der Waals surface area contributed by atoms with Gasteiger partial charge in [0.1, 0.15) is 11.8 Å². The van der Waals surface area contributed by atoms with Crippen molar-refractivity contribution >= 4 is 25.9 Å². The number of β-lactam (4-membered cyclic amide) rings is 1. The van der Waals surface area contributed by atoms with E-state index in [4.69, 9.17) is 0 Å². The van der Waals surface area contributed by atoms with E-state index in [1.54, 1.807) is 29.7 Å². The topological polar surface area (TPSA) is 71.2 Å². The van der Waals surface area contributed by atoms with Crippen molar-refractivity contribution in [2.24, 2.45) is 13.0 Å². The van der Waals surface area contributed by atoms with Gasteiger partial charge in [-0.2, -0.15) is 0 Å². The standard InChI is InChI=1S/C32H38N4O2SSi/c1-31(2,3)40(5,6)36-29(38)27(28(37)26-22-35(4)34-33-26)30(36)39-32(23-16-10-7-11-17-23,24-18-12-8-13-19-24)25-20-14-9-15-21-25/h7-22,27-28,30,37H,1-6H3/t27-,28?,30+/m0/s1. The number of carbonyl (C=O) groups is 1. The van der Waals surface area contributed by atoms with Crippen LogP contribution in [0.3, 0.4) is 0 Å². The highest BCUT2D eigenvalue weighted by molar-refractivity contribution is 8.01. The van der Waals surface area contributed by atoms with E-state index >= 15 is 0 Å². The van der Waals surface area contributed by atoms with Gasteiger partial charge in [-0.15, -0.1) is 16.9 Å². The number of rotatable bonds is 8. The Bertz CT molecular complexity index is 1360. The van der Waals surface area contributed by atoms with Crippen LogP contribution in [0.4, 0.5) is 0 Å². The Labute approximate surface area is 242 Å². The Morgan fingerprint density at radius 2 is 1.30 bits per heavy atom. The molecule has 2 heterocycles. The van der Waals surface area contributed by atoms with E-state index in [9.17, 15) is 9.90 Å². The third-order valence-corrected chi connectivity index (χ3v) is 16.0. The Morgan fingerprint density at radius 1 is 0.850 bits per heavy atom. The maximum absolute atomic E-state index is 14.1. The first kappa shape index (κ1) is 28.3. The van der Waals surface area contributed by atoms with Crippen LogP contribution >= 0.6 is 11.8 Å². The van der Waals surface area contributed by atoms with E-state index in [-0.39, 0.29) is 16.3 Å². The maximum atomic E-state index is 14.1. The molecular formula is C32H38N4O2SSi. The average molecular weight is 571 g/mol. The van der Waals surface area contributed by atoms with Gasteiger partial charge < -0.3 is 9.67 Å². The molecule has 208 valence electrons. The van der Waals surface area contributed by atoms with Crippen LogP contribution in [-0.4, -0.2) is 44.2 Å².